The zero-order chi connectivity index (χ0) is 77.9. The Morgan fingerprint density at radius 3 is 0.864 bits per heavy atom. The molecule has 0 atom stereocenters. The van der Waals surface area contributed by atoms with E-state index in [1.165, 1.54) is 171 Å². The molecule has 0 aromatic carbocycles. The second-order valence-corrected chi connectivity index (χ2v) is 31.8. The fourth-order valence-electron chi connectivity index (χ4n) is 18.2. The number of aromatic amines is 4. The minimum absolute atomic E-state index is 0.819. The van der Waals surface area contributed by atoms with Crippen LogP contribution >= 0.6 is 22.7 Å². The summed E-state index contributed by atoms with van der Waals surface area (Å²) in [6.07, 6.45) is 25.4. The highest BCUT2D eigenvalue weighted by molar-refractivity contribution is 7.22. The molecule has 8 aromatic rings. The summed E-state index contributed by atoms with van der Waals surface area (Å²) in [5.74, 6) is 28.9. The Morgan fingerprint density at radius 2 is 0.564 bits per heavy atom. The quantitative estimate of drug-likeness (QED) is 0.0303. The number of aryl methyl sites for hydroxylation is 10. The van der Waals surface area contributed by atoms with E-state index >= 15 is 0 Å². The second-order valence-electron chi connectivity index (χ2n) is 29.7. The van der Waals surface area contributed by atoms with Crippen LogP contribution in [-0.4, -0.2) is 39.9 Å². The van der Waals surface area contributed by atoms with E-state index in [4.69, 9.17) is 19.9 Å². The second kappa shape index (κ2) is 36.8. The molecule has 0 amide bonds. The number of nitrogens with one attached hydrogen (secondary N) is 4. The zero-order valence-corrected chi connectivity index (χ0v) is 71.2. The van der Waals surface area contributed by atoms with Gasteiger partial charge in [-0.15, -0.1) is 22.7 Å². The third-order valence-electron chi connectivity index (χ3n) is 23.5. The molecule has 16 bridgehead atoms. The average Bonchev–Trinajstić information content (AvgIpc) is 1.61. The van der Waals surface area contributed by atoms with Crippen molar-refractivity contribution in [1.82, 2.24) is 39.9 Å². The molecule has 110 heavy (non-hydrogen) atoms. The van der Waals surface area contributed by atoms with Crippen LogP contribution in [0.4, 0.5) is 0 Å². The van der Waals surface area contributed by atoms with E-state index < -0.39 is 0 Å². The first-order chi connectivity index (χ1) is 53.7. The van der Waals surface area contributed by atoms with Crippen molar-refractivity contribution in [3.63, 3.8) is 0 Å². The number of fused-ring (bicyclic) bond motifs is 16. The van der Waals surface area contributed by atoms with Gasteiger partial charge in [-0.25, -0.2) is 19.9 Å². The summed E-state index contributed by atoms with van der Waals surface area (Å²) < 4.78 is 0. The van der Waals surface area contributed by atoms with E-state index in [1.807, 2.05) is 11.3 Å². The van der Waals surface area contributed by atoms with Crippen LogP contribution in [0.25, 0.3) is 98.5 Å². The van der Waals surface area contributed by atoms with E-state index in [0.29, 0.717) is 0 Å². The first-order valence-electron chi connectivity index (χ1n) is 42.6. The van der Waals surface area contributed by atoms with Crippen LogP contribution < -0.4 is 0 Å². The number of rotatable bonds is 27. The highest BCUT2D eigenvalue weighted by Crippen LogP contribution is 2.46. The van der Waals surface area contributed by atoms with Gasteiger partial charge in [0.15, 0.2) is 0 Å². The van der Waals surface area contributed by atoms with Gasteiger partial charge in [0, 0.05) is 53.9 Å². The van der Waals surface area contributed by atoms with Crippen LogP contribution in [0.3, 0.4) is 0 Å². The molecule has 4 N–H and O–H groups in total. The molecule has 8 nitrogen and oxygen atoms in total. The molecular formula is C100H118N8S2. The van der Waals surface area contributed by atoms with E-state index in [2.05, 4.69) is 240 Å². The lowest BCUT2D eigenvalue weighted by molar-refractivity contribution is 0.667. The molecule has 570 valence electrons. The SMILES string of the molecule is CCCCCCc1cc(-c2sc(C#CC#Cc3c4nc(cc5[nH]c(cc6[nH]c(cc7nc3C(CC)=C7CC)c(CC)c6CC)c(CC)c5CC)C(CC)=C4CC)cc2CCCCCC)sc1C#CC#Cc1c2nc(cc3[nH]c(cc4[nH]c(cc5nc1C(CC)=C5CC)c(CC)c4CC)c(CC)c3CC)C(CC)=C2CC. The van der Waals surface area contributed by atoms with Crippen LogP contribution in [0.2, 0.25) is 0 Å². The number of nitrogens with zero attached hydrogens (tertiary/aromatic N) is 4. The summed E-state index contributed by atoms with van der Waals surface area (Å²) in [6, 6.07) is 18.9. The minimum Gasteiger partial charge on any atom is -0.355 e. The van der Waals surface area contributed by atoms with Gasteiger partial charge in [0.05, 0.1) is 66.4 Å². The maximum atomic E-state index is 5.70. The molecule has 8 aromatic heterocycles. The van der Waals surface area contributed by atoms with Gasteiger partial charge in [0.25, 0.3) is 0 Å². The molecule has 0 aliphatic carbocycles. The topological polar surface area (TPSA) is 115 Å². The molecule has 4 aliphatic heterocycles. The van der Waals surface area contributed by atoms with Crippen LogP contribution in [0.5, 0.6) is 0 Å². The van der Waals surface area contributed by atoms with Gasteiger partial charge in [-0.3, -0.25) is 0 Å². The molecule has 0 saturated heterocycles. The summed E-state index contributed by atoms with van der Waals surface area (Å²) in [4.78, 5) is 43.3. The third kappa shape index (κ3) is 15.8. The summed E-state index contributed by atoms with van der Waals surface area (Å²) in [7, 11) is 0. The zero-order valence-electron chi connectivity index (χ0n) is 69.6. The van der Waals surface area contributed by atoms with Gasteiger partial charge in [0.2, 0.25) is 0 Å². The van der Waals surface area contributed by atoms with Gasteiger partial charge >= 0.3 is 0 Å². The molecule has 0 spiro atoms. The number of allylic oxidation sites excluding steroid dienone is 8. The Bertz CT molecular complexity index is 5380. The fraction of sp³-hybridized carbons (Fsp3) is 0.440. The Hall–Kier alpha value is -9.16. The number of hydrogen-bond donors (Lipinski definition) is 4. The van der Waals surface area contributed by atoms with Gasteiger partial charge in [-0.2, -0.15) is 0 Å². The van der Waals surface area contributed by atoms with E-state index in [-0.39, 0.29) is 0 Å². The first kappa shape index (κ1) is 80.4. The lowest BCUT2D eigenvalue weighted by Gasteiger charge is -2.08. The fourth-order valence-corrected chi connectivity index (χ4v) is 20.4. The van der Waals surface area contributed by atoms with Gasteiger partial charge < -0.3 is 19.9 Å². The minimum atomic E-state index is 0.819. The maximum absolute atomic E-state index is 5.70. The number of hydrogen-bond acceptors (Lipinski definition) is 6. The number of aromatic nitrogens is 8. The Morgan fingerprint density at radius 1 is 0.273 bits per heavy atom. The normalized spacial score (nSPS) is 12.8. The number of H-pyrrole nitrogens is 4. The highest BCUT2D eigenvalue weighted by Gasteiger charge is 2.30. The van der Waals surface area contributed by atoms with Crippen molar-refractivity contribution in [3.8, 4) is 57.1 Å². The predicted molar refractivity (Wildman–Crippen MR) is 477 cm³/mol. The van der Waals surface area contributed by atoms with Gasteiger partial charge in [0.1, 0.15) is 0 Å². The van der Waals surface area contributed by atoms with Crippen LogP contribution in [0.1, 0.15) is 349 Å². The van der Waals surface area contributed by atoms with Crippen molar-refractivity contribution in [3.05, 3.63) is 171 Å². The number of unbranched alkanes of at least 4 members (excludes halogenated alkanes) is 6. The van der Waals surface area contributed by atoms with Crippen LogP contribution in [0.15, 0.2) is 48.5 Å². The largest absolute Gasteiger partial charge is 0.355 e. The Kier molecular flexibility index (Phi) is 26.9. The summed E-state index contributed by atoms with van der Waals surface area (Å²) in [5, 5.41) is 0. The van der Waals surface area contributed by atoms with E-state index in [1.54, 1.807) is 11.3 Å². The molecular weight excluding hydrogens is 1380 g/mol. The van der Waals surface area contributed by atoms with Crippen molar-refractivity contribution in [2.75, 3.05) is 0 Å². The number of thiophene rings is 2. The van der Waals surface area contributed by atoms with Crippen molar-refractivity contribution in [2.45, 2.75) is 292 Å². The smallest absolute Gasteiger partial charge is 0.0851 e. The van der Waals surface area contributed by atoms with Crippen molar-refractivity contribution in [2.24, 2.45) is 0 Å². The molecule has 0 saturated carbocycles. The third-order valence-corrected chi connectivity index (χ3v) is 25.9. The summed E-state index contributed by atoms with van der Waals surface area (Å²) in [6.45, 7) is 41.0. The first-order valence-corrected chi connectivity index (χ1v) is 44.2. The highest BCUT2D eigenvalue weighted by atomic mass is 32.1. The molecule has 10 heteroatoms. The monoisotopic (exact) mass is 1490 g/mol. The van der Waals surface area contributed by atoms with E-state index in [0.717, 1.165) is 217 Å². The van der Waals surface area contributed by atoms with Gasteiger partial charge in [-0.05, 0) is 325 Å². The van der Waals surface area contributed by atoms with Crippen LogP contribution in [0, 0.1) is 47.4 Å². The molecule has 12 heterocycles. The van der Waals surface area contributed by atoms with Crippen molar-refractivity contribution in [1.29, 1.82) is 0 Å². The molecule has 12 rings (SSSR count). The standard InChI is InChI=1S/C100H118N8S2/c1-19-37-39-41-47-61-54-95(110-94(61)52-46-45-51-81-98-78(35-17)74(31-13)92(107-98)59-88-70(27-9)66(23-5)84(103-88)56-85-67(24-6)71(28-10)89(104-85)60-93-75(32-14)79(36-18)99(81)108-93)100-62(48-42-40-38-20-2)53-63(109-100)49-43-44-50-80-96-76(33-15)72(29-11)90(105-96)57-86-68(25-7)64(21-3)82(101-86)55-83-65(22-4)69(26-8)87(102-83)58-91-73(30-12)77(34-16)97(80)106-91/h53-60,101-104H,19-42,47-48H2,1-18H3. The molecule has 0 fully saturated rings. The molecule has 0 unspecified atom stereocenters. The van der Waals surface area contributed by atoms with Crippen LogP contribution in [-0.2, 0) is 64.2 Å². The lowest BCUT2D eigenvalue weighted by atomic mass is 9.94. The van der Waals surface area contributed by atoms with E-state index in [9.17, 15) is 0 Å². The Balaban J connectivity index is 1.02. The maximum Gasteiger partial charge on any atom is 0.0851 e. The summed E-state index contributed by atoms with van der Waals surface area (Å²) >= 11 is 3.62. The Labute approximate surface area is 666 Å². The van der Waals surface area contributed by atoms with Crippen molar-refractivity contribution >= 4 is 111 Å². The van der Waals surface area contributed by atoms with Crippen molar-refractivity contribution < 1.29 is 0 Å². The average molecular weight is 1500 g/mol. The molecule has 4 aliphatic rings. The lowest BCUT2D eigenvalue weighted by Crippen LogP contribution is -1.95. The van der Waals surface area contributed by atoms with Gasteiger partial charge in [-0.1, -0.05) is 163 Å². The summed E-state index contributed by atoms with van der Waals surface area (Å²) in [5.41, 5.74) is 42.2. The predicted octanol–water partition coefficient (Wildman–Crippen LogP) is 27.2. The molecule has 0 radical (unpaired) electrons.